The fourth-order valence-corrected chi connectivity index (χ4v) is 2.41. The molecule has 0 aliphatic carbocycles. The molecular weight excluding hydrogens is 269 g/mol. The minimum absolute atomic E-state index is 0.341. The van der Waals surface area contributed by atoms with Gasteiger partial charge in [0.15, 0.2) is 0 Å². The Morgan fingerprint density at radius 3 is 2.72 bits per heavy atom. The molecule has 5 heteroatoms. The first-order valence-corrected chi connectivity index (χ1v) is 6.75. The van der Waals surface area contributed by atoms with E-state index in [1.54, 1.807) is 0 Å². The fourth-order valence-electron chi connectivity index (χ4n) is 2.01. The number of halogens is 2. The Bertz CT molecular complexity index is 535. The van der Waals surface area contributed by atoms with E-state index in [0.29, 0.717) is 18.3 Å². The molecule has 0 radical (unpaired) electrons. The van der Waals surface area contributed by atoms with Gasteiger partial charge in [-0.05, 0) is 23.6 Å². The van der Waals surface area contributed by atoms with Crippen LogP contribution in [-0.2, 0) is 12.4 Å². The minimum atomic E-state index is 0.341. The lowest BCUT2D eigenvalue weighted by Gasteiger charge is -2.10. The zero-order valence-corrected chi connectivity index (χ0v) is 11.9. The van der Waals surface area contributed by atoms with Crippen LogP contribution in [0.3, 0.4) is 0 Å². The average molecular weight is 284 g/mol. The zero-order chi connectivity index (χ0) is 13.1. The van der Waals surface area contributed by atoms with E-state index in [9.17, 15) is 0 Å². The van der Waals surface area contributed by atoms with Crippen molar-refractivity contribution in [2.75, 3.05) is 0 Å². The molecule has 0 bridgehead atoms. The van der Waals surface area contributed by atoms with Gasteiger partial charge in [-0.3, -0.25) is 0 Å². The predicted molar refractivity (Wildman–Crippen MR) is 74.2 cm³/mol. The molecule has 0 unspecified atom stereocenters. The maximum Gasteiger partial charge on any atom is 0.101 e. The number of hydrogen-bond acceptors (Lipinski definition) is 2. The SMILES string of the molecule is CC(C)c1c(CCl)nnn1Cc1cccc(Cl)c1. The number of hydrogen-bond donors (Lipinski definition) is 0. The quantitative estimate of drug-likeness (QED) is 0.798. The molecule has 0 saturated heterocycles. The predicted octanol–water partition coefficient (Wildman–Crippen LogP) is 3.84. The molecular formula is C13H15Cl2N3. The normalized spacial score (nSPS) is 11.2. The van der Waals surface area contributed by atoms with E-state index in [-0.39, 0.29) is 0 Å². The van der Waals surface area contributed by atoms with Crippen LogP contribution in [0.15, 0.2) is 24.3 Å². The molecule has 0 aliphatic heterocycles. The number of rotatable bonds is 4. The Morgan fingerprint density at radius 1 is 1.33 bits per heavy atom. The molecule has 3 nitrogen and oxygen atoms in total. The van der Waals surface area contributed by atoms with E-state index in [2.05, 4.69) is 24.2 Å². The second-order valence-electron chi connectivity index (χ2n) is 4.50. The zero-order valence-electron chi connectivity index (χ0n) is 10.4. The van der Waals surface area contributed by atoms with Crippen molar-refractivity contribution >= 4 is 23.2 Å². The lowest BCUT2D eigenvalue weighted by atomic mass is 10.1. The topological polar surface area (TPSA) is 30.7 Å². The van der Waals surface area contributed by atoms with Crippen LogP contribution in [-0.4, -0.2) is 15.0 Å². The van der Waals surface area contributed by atoms with Gasteiger partial charge in [-0.15, -0.1) is 16.7 Å². The Kier molecular flexibility index (Phi) is 4.25. The summed E-state index contributed by atoms with van der Waals surface area (Å²) in [6.45, 7) is 4.89. The summed E-state index contributed by atoms with van der Waals surface area (Å²) in [7, 11) is 0. The molecule has 2 rings (SSSR count). The summed E-state index contributed by atoms with van der Waals surface area (Å²) in [5, 5.41) is 9.03. The number of nitrogens with zero attached hydrogens (tertiary/aromatic N) is 3. The number of benzene rings is 1. The largest absolute Gasteiger partial charge is 0.244 e. The van der Waals surface area contributed by atoms with Crippen molar-refractivity contribution < 1.29 is 0 Å². The van der Waals surface area contributed by atoms with Gasteiger partial charge in [0.2, 0.25) is 0 Å². The molecule has 0 aliphatic rings. The summed E-state index contributed by atoms with van der Waals surface area (Å²) < 4.78 is 1.90. The molecule has 0 spiro atoms. The van der Waals surface area contributed by atoms with Crippen LogP contribution in [0, 0.1) is 0 Å². The maximum atomic E-state index is 5.98. The third kappa shape index (κ3) is 2.85. The van der Waals surface area contributed by atoms with Crippen molar-refractivity contribution in [1.29, 1.82) is 0 Å². The molecule has 0 atom stereocenters. The lowest BCUT2D eigenvalue weighted by molar-refractivity contribution is 0.597. The number of alkyl halides is 1. The summed E-state index contributed by atoms with van der Waals surface area (Å²) in [4.78, 5) is 0. The Balaban J connectivity index is 2.32. The fraction of sp³-hybridized carbons (Fsp3) is 0.385. The summed E-state index contributed by atoms with van der Waals surface area (Å²) in [5.74, 6) is 0.733. The van der Waals surface area contributed by atoms with Crippen LogP contribution in [0.2, 0.25) is 5.02 Å². The Morgan fingerprint density at radius 2 is 2.11 bits per heavy atom. The van der Waals surface area contributed by atoms with Crippen LogP contribution in [0.1, 0.15) is 36.7 Å². The summed E-state index contributed by atoms with van der Waals surface area (Å²) >= 11 is 11.9. The smallest absolute Gasteiger partial charge is 0.101 e. The third-order valence-corrected chi connectivity index (χ3v) is 3.23. The standard InChI is InChI=1S/C13H15Cl2N3/c1-9(2)13-12(7-14)16-17-18(13)8-10-4-3-5-11(15)6-10/h3-6,9H,7-8H2,1-2H3. The molecule has 0 N–H and O–H groups in total. The van der Waals surface area contributed by atoms with Crippen molar-refractivity contribution in [1.82, 2.24) is 15.0 Å². The second-order valence-corrected chi connectivity index (χ2v) is 5.20. The second kappa shape index (κ2) is 5.72. The van der Waals surface area contributed by atoms with Gasteiger partial charge in [0.05, 0.1) is 18.1 Å². The van der Waals surface area contributed by atoms with Gasteiger partial charge in [-0.1, -0.05) is 42.8 Å². The Hall–Kier alpha value is -1.06. The highest BCUT2D eigenvalue weighted by Crippen LogP contribution is 2.20. The van der Waals surface area contributed by atoms with Gasteiger partial charge >= 0.3 is 0 Å². The van der Waals surface area contributed by atoms with Crippen molar-refractivity contribution in [2.45, 2.75) is 32.2 Å². The first kappa shape index (κ1) is 13.4. The summed E-state index contributed by atoms with van der Waals surface area (Å²) in [5.41, 5.74) is 3.05. The summed E-state index contributed by atoms with van der Waals surface area (Å²) in [6.07, 6.45) is 0. The highest BCUT2D eigenvalue weighted by atomic mass is 35.5. The van der Waals surface area contributed by atoms with Crippen LogP contribution < -0.4 is 0 Å². The highest BCUT2D eigenvalue weighted by Gasteiger charge is 2.15. The van der Waals surface area contributed by atoms with Crippen LogP contribution in [0.5, 0.6) is 0 Å². The molecule has 1 aromatic carbocycles. The molecule has 96 valence electrons. The van der Waals surface area contributed by atoms with Crippen LogP contribution in [0.25, 0.3) is 0 Å². The van der Waals surface area contributed by atoms with Gasteiger partial charge in [0.25, 0.3) is 0 Å². The van der Waals surface area contributed by atoms with Gasteiger partial charge in [0, 0.05) is 5.02 Å². The summed E-state index contributed by atoms with van der Waals surface area (Å²) in [6, 6.07) is 7.76. The first-order valence-electron chi connectivity index (χ1n) is 5.84. The molecule has 1 heterocycles. The molecule has 0 saturated carbocycles. The molecule has 1 aromatic heterocycles. The molecule has 2 aromatic rings. The first-order chi connectivity index (χ1) is 8.61. The van der Waals surface area contributed by atoms with E-state index < -0.39 is 0 Å². The molecule has 0 amide bonds. The van der Waals surface area contributed by atoms with Crippen LogP contribution >= 0.6 is 23.2 Å². The van der Waals surface area contributed by atoms with Crippen LogP contribution in [0.4, 0.5) is 0 Å². The van der Waals surface area contributed by atoms with Crippen molar-refractivity contribution in [3.05, 3.63) is 46.2 Å². The molecule has 0 fully saturated rings. The van der Waals surface area contributed by atoms with E-state index in [1.807, 2.05) is 28.9 Å². The van der Waals surface area contributed by atoms with E-state index in [0.717, 1.165) is 22.0 Å². The van der Waals surface area contributed by atoms with E-state index in [4.69, 9.17) is 23.2 Å². The molecule has 18 heavy (non-hydrogen) atoms. The monoisotopic (exact) mass is 283 g/mol. The highest BCUT2D eigenvalue weighted by molar-refractivity contribution is 6.30. The van der Waals surface area contributed by atoms with Gasteiger partial charge in [-0.25, -0.2) is 4.68 Å². The average Bonchev–Trinajstić information content (AvgIpc) is 2.72. The van der Waals surface area contributed by atoms with Crippen molar-refractivity contribution in [3.8, 4) is 0 Å². The van der Waals surface area contributed by atoms with E-state index >= 15 is 0 Å². The van der Waals surface area contributed by atoms with Crippen molar-refractivity contribution in [3.63, 3.8) is 0 Å². The van der Waals surface area contributed by atoms with Crippen molar-refractivity contribution in [2.24, 2.45) is 0 Å². The van der Waals surface area contributed by atoms with E-state index in [1.165, 1.54) is 0 Å². The van der Waals surface area contributed by atoms with Gasteiger partial charge in [0.1, 0.15) is 5.69 Å². The lowest BCUT2D eigenvalue weighted by Crippen LogP contribution is -2.08. The minimum Gasteiger partial charge on any atom is -0.244 e. The maximum absolute atomic E-state index is 5.98. The number of aromatic nitrogens is 3. The van der Waals surface area contributed by atoms with Gasteiger partial charge in [-0.2, -0.15) is 0 Å². The Labute approximate surface area is 117 Å². The van der Waals surface area contributed by atoms with Gasteiger partial charge < -0.3 is 0 Å². The third-order valence-electron chi connectivity index (χ3n) is 2.74.